The van der Waals surface area contributed by atoms with Crippen LogP contribution in [0.3, 0.4) is 0 Å². The van der Waals surface area contributed by atoms with Crippen molar-refractivity contribution < 1.29 is 4.74 Å². The lowest BCUT2D eigenvalue weighted by atomic mass is 10.2. The summed E-state index contributed by atoms with van der Waals surface area (Å²) in [5.41, 5.74) is 1.28. The van der Waals surface area contributed by atoms with E-state index >= 15 is 0 Å². The molecule has 2 aromatic carbocycles. The summed E-state index contributed by atoms with van der Waals surface area (Å²) in [6, 6.07) is 18.2. The minimum atomic E-state index is 1.03. The maximum absolute atomic E-state index is 4.94. The summed E-state index contributed by atoms with van der Waals surface area (Å²) < 4.78 is 4.94. The fraction of sp³-hybridized carbons (Fsp3) is 0.125. The number of rotatable bonds is 2. The summed E-state index contributed by atoms with van der Waals surface area (Å²) in [6.45, 7) is 2.14. The molecular weight excluding hydrogens is 208 g/mol. The van der Waals surface area contributed by atoms with Crippen LogP contribution >= 0.6 is 0 Å². The van der Waals surface area contributed by atoms with E-state index in [1.54, 1.807) is 0 Å². The van der Waals surface area contributed by atoms with Gasteiger partial charge in [0.2, 0.25) is 0 Å². The Bertz CT molecular complexity index is 465. The molecule has 1 heterocycles. The molecule has 0 saturated carbocycles. The minimum Gasteiger partial charge on any atom is -0.450 e. The van der Waals surface area contributed by atoms with Crippen LogP contribution in [0.4, 0.5) is 0 Å². The van der Waals surface area contributed by atoms with Gasteiger partial charge in [-0.05, 0) is 24.1 Å². The largest absolute Gasteiger partial charge is 0.450 e. The summed E-state index contributed by atoms with van der Waals surface area (Å²) in [7, 11) is 0. The molecule has 17 heavy (non-hydrogen) atoms. The van der Waals surface area contributed by atoms with Crippen molar-refractivity contribution in [1.82, 2.24) is 0 Å². The number of para-hydroxylation sites is 2. The van der Waals surface area contributed by atoms with Crippen LogP contribution in [0.5, 0.6) is 11.5 Å². The Labute approximate surface area is 102 Å². The maximum atomic E-state index is 4.94. The van der Waals surface area contributed by atoms with E-state index in [-0.39, 0.29) is 0 Å². The van der Waals surface area contributed by atoms with Gasteiger partial charge in [0.15, 0.2) is 11.5 Å². The van der Waals surface area contributed by atoms with Gasteiger partial charge >= 0.3 is 0 Å². The fourth-order valence-corrected chi connectivity index (χ4v) is 1.43. The van der Waals surface area contributed by atoms with Crippen molar-refractivity contribution in [1.29, 1.82) is 0 Å². The van der Waals surface area contributed by atoms with Crippen molar-refractivity contribution in [3.8, 4) is 11.5 Å². The van der Waals surface area contributed by atoms with Gasteiger partial charge in [0.25, 0.3) is 0 Å². The Hall–Kier alpha value is -2.02. The highest BCUT2D eigenvalue weighted by Gasteiger charge is 2.15. The summed E-state index contributed by atoms with van der Waals surface area (Å²) in [5.74, 6) is 2.06. The molecule has 2 aromatic rings. The zero-order valence-corrected chi connectivity index (χ0v) is 9.97. The molecule has 0 unspecified atom stereocenters. The molecular formula is C16H16O. The van der Waals surface area contributed by atoms with Gasteiger partial charge in [0.05, 0.1) is 0 Å². The van der Waals surface area contributed by atoms with Crippen molar-refractivity contribution in [2.45, 2.75) is 13.3 Å². The van der Waals surface area contributed by atoms with Gasteiger partial charge < -0.3 is 4.74 Å². The van der Waals surface area contributed by atoms with Crippen LogP contribution in [0.2, 0.25) is 0 Å². The molecule has 1 nitrogen and oxygen atoms in total. The van der Waals surface area contributed by atoms with E-state index in [9.17, 15) is 0 Å². The normalized spacial score (nSPS) is 11.1. The lowest BCUT2D eigenvalue weighted by Crippen LogP contribution is -1.66. The van der Waals surface area contributed by atoms with E-state index < -0.39 is 0 Å². The topological polar surface area (TPSA) is 12.5 Å². The van der Waals surface area contributed by atoms with E-state index in [0.29, 0.717) is 0 Å². The SMILES string of the molecule is CCC=Cc1ccccc1.c1ccc2c(c1)O2. The monoisotopic (exact) mass is 224 g/mol. The van der Waals surface area contributed by atoms with Crippen LogP contribution in [0.25, 0.3) is 6.08 Å². The number of benzene rings is 2. The second kappa shape index (κ2) is 5.90. The van der Waals surface area contributed by atoms with Crippen LogP contribution in [0, 0.1) is 0 Å². The summed E-state index contributed by atoms with van der Waals surface area (Å²) in [4.78, 5) is 0. The summed E-state index contributed by atoms with van der Waals surface area (Å²) in [5, 5.41) is 0. The molecule has 0 radical (unpaired) electrons. The number of hydrogen-bond donors (Lipinski definition) is 0. The molecule has 0 bridgehead atoms. The maximum Gasteiger partial charge on any atom is 0.170 e. The molecule has 1 aliphatic rings. The minimum absolute atomic E-state index is 1.03. The molecule has 0 aliphatic carbocycles. The van der Waals surface area contributed by atoms with Gasteiger partial charge in [-0.15, -0.1) is 0 Å². The van der Waals surface area contributed by atoms with Crippen molar-refractivity contribution >= 4 is 6.08 Å². The summed E-state index contributed by atoms with van der Waals surface area (Å²) >= 11 is 0. The average Bonchev–Trinajstić information content (AvgIpc) is 3.17. The Balaban J connectivity index is 0.000000134. The number of ether oxygens (including phenoxy) is 1. The average molecular weight is 224 g/mol. The quantitative estimate of drug-likeness (QED) is 0.564. The van der Waals surface area contributed by atoms with E-state index in [0.717, 1.165) is 17.9 Å². The number of hydrogen-bond acceptors (Lipinski definition) is 1. The van der Waals surface area contributed by atoms with E-state index in [1.165, 1.54) is 5.56 Å². The zero-order chi connectivity index (χ0) is 11.9. The Morgan fingerprint density at radius 1 is 0.882 bits per heavy atom. The second-order valence-corrected chi connectivity index (χ2v) is 3.77. The summed E-state index contributed by atoms with van der Waals surface area (Å²) in [6.07, 6.45) is 5.41. The lowest BCUT2D eigenvalue weighted by Gasteiger charge is -1.88. The smallest absolute Gasteiger partial charge is 0.170 e. The first-order valence-corrected chi connectivity index (χ1v) is 5.88. The van der Waals surface area contributed by atoms with Gasteiger partial charge in [-0.3, -0.25) is 0 Å². The van der Waals surface area contributed by atoms with Gasteiger partial charge in [0.1, 0.15) is 0 Å². The highest BCUT2D eigenvalue weighted by atomic mass is 16.6. The molecule has 0 N–H and O–H groups in total. The molecule has 1 heteroatoms. The molecule has 1 aliphatic heterocycles. The van der Waals surface area contributed by atoms with Crippen LogP contribution < -0.4 is 4.74 Å². The van der Waals surface area contributed by atoms with E-state index in [1.807, 2.05) is 30.3 Å². The highest BCUT2D eigenvalue weighted by molar-refractivity contribution is 5.53. The lowest BCUT2D eigenvalue weighted by molar-refractivity contribution is 0.650. The Morgan fingerprint density at radius 3 is 2.00 bits per heavy atom. The third kappa shape index (κ3) is 3.80. The third-order valence-electron chi connectivity index (χ3n) is 2.37. The van der Waals surface area contributed by atoms with Gasteiger partial charge in [-0.25, -0.2) is 0 Å². The zero-order valence-electron chi connectivity index (χ0n) is 9.97. The van der Waals surface area contributed by atoms with E-state index in [2.05, 4.69) is 43.3 Å². The van der Waals surface area contributed by atoms with Crippen LogP contribution in [0.15, 0.2) is 60.7 Å². The fourth-order valence-electron chi connectivity index (χ4n) is 1.43. The first-order chi connectivity index (χ1) is 8.40. The van der Waals surface area contributed by atoms with Crippen LogP contribution in [0.1, 0.15) is 18.9 Å². The predicted octanol–water partition coefficient (Wildman–Crippen LogP) is 4.90. The number of allylic oxidation sites excluding steroid dienone is 1. The predicted molar refractivity (Wildman–Crippen MR) is 72.3 cm³/mol. The first kappa shape index (κ1) is 11.5. The third-order valence-corrected chi connectivity index (χ3v) is 2.37. The molecule has 3 rings (SSSR count). The second-order valence-electron chi connectivity index (χ2n) is 3.77. The molecule has 86 valence electrons. The van der Waals surface area contributed by atoms with Crippen molar-refractivity contribution in [3.05, 3.63) is 66.2 Å². The molecule has 0 saturated heterocycles. The van der Waals surface area contributed by atoms with Crippen molar-refractivity contribution in [3.63, 3.8) is 0 Å². The van der Waals surface area contributed by atoms with Crippen molar-refractivity contribution in [2.24, 2.45) is 0 Å². The Morgan fingerprint density at radius 2 is 1.47 bits per heavy atom. The Kier molecular flexibility index (Phi) is 3.98. The van der Waals surface area contributed by atoms with Gasteiger partial charge in [-0.1, -0.05) is 61.5 Å². The standard InChI is InChI=1S/C10H12.C6H4O/c1-2-3-7-10-8-5-4-6-9-10;1-2-4-6-5(3-1)7-6/h3-9H,2H2,1H3;1-4H. The van der Waals surface area contributed by atoms with Crippen LogP contribution in [-0.4, -0.2) is 0 Å². The highest BCUT2D eigenvalue weighted by Crippen LogP contribution is 2.43. The van der Waals surface area contributed by atoms with Gasteiger partial charge in [-0.2, -0.15) is 0 Å². The molecule has 0 aromatic heterocycles. The molecule has 0 amide bonds. The first-order valence-electron chi connectivity index (χ1n) is 5.88. The molecule has 0 atom stereocenters. The number of fused-ring (bicyclic) bond motifs is 1. The van der Waals surface area contributed by atoms with Gasteiger partial charge in [0, 0.05) is 0 Å². The van der Waals surface area contributed by atoms with Crippen molar-refractivity contribution in [2.75, 3.05) is 0 Å². The molecule has 0 fully saturated rings. The van der Waals surface area contributed by atoms with Crippen LogP contribution in [-0.2, 0) is 0 Å². The molecule has 0 spiro atoms. The van der Waals surface area contributed by atoms with E-state index in [4.69, 9.17) is 4.74 Å².